The van der Waals surface area contributed by atoms with E-state index in [9.17, 15) is 4.79 Å². The predicted octanol–water partition coefficient (Wildman–Crippen LogP) is 3.52. The summed E-state index contributed by atoms with van der Waals surface area (Å²) >= 11 is 3.17. The summed E-state index contributed by atoms with van der Waals surface area (Å²) in [5.41, 5.74) is 0.186. The van der Waals surface area contributed by atoms with Crippen molar-refractivity contribution in [1.29, 1.82) is 0 Å². The fraction of sp³-hybridized carbons (Fsp3) is 0.333. The fourth-order valence-corrected chi connectivity index (χ4v) is 3.17. The van der Waals surface area contributed by atoms with Crippen LogP contribution in [0.4, 0.5) is 0 Å². The lowest BCUT2D eigenvalue weighted by Crippen LogP contribution is -2.26. The monoisotopic (exact) mass is 267 g/mol. The molecule has 2 aromatic rings. The van der Waals surface area contributed by atoms with Crippen molar-refractivity contribution < 1.29 is 9.90 Å². The number of aromatic nitrogens is 1. The molecular weight excluding hydrogens is 254 g/mol. The van der Waals surface area contributed by atoms with Gasteiger partial charge in [-0.25, -0.2) is 4.98 Å². The standard InChI is InChI=1S/C12H13NO2S2/c1-12(2,11(14)15)6-10-13-8(7-17-10)9-4-3-5-16-9/h3-5,7H,6H2,1-2H3,(H,14,15). The molecule has 2 rings (SSSR count). The predicted molar refractivity (Wildman–Crippen MR) is 70.5 cm³/mol. The van der Waals surface area contributed by atoms with Crippen LogP contribution < -0.4 is 0 Å². The quantitative estimate of drug-likeness (QED) is 0.922. The second-order valence-corrected chi connectivity index (χ2v) is 6.36. The van der Waals surface area contributed by atoms with Crippen molar-refractivity contribution in [3.8, 4) is 10.6 Å². The largest absolute Gasteiger partial charge is 0.481 e. The van der Waals surface area contributed by atoms with Crippen LogP contribution in [0.1, 0.15) is 18.9 Å². The van der Waals surface area contributed by atoms with Crippen molar-refractivity contribution in [3.63, 3.8) is 0 Å². The van der Waals surface area contributed by atoms with Gasteiger partial charge in [0.25, 0.3) is 0 Å². The van der Waals surface area contributed by atoms with Gasteiger partial charge in [0.15, 0.2) is 0 Å². The zero-order chi connectivity index (χ0) is 12.5. The summed E-state index contributed by atoms with van der Waals surface area (Å²) in [6, 6.07) is 4.01. The van der Waals surface area contributed by atoms with Crippen LogP contribution >= 0.6 is 22.7 Å². The van der Waals surface area contributed by atoms with Crippen LogP contribution in [-0.4, -0.2) is 16.1 Å². The first-order chi connectivity index (χ1) is 7.99. The highest BCUT2D eigenvalue weighted by Gasteiger charge is 2.28. The van der Waals surface area contributed by atoms with E-state index in [0.717, 1.165) is 15.6 Å². The Bertz CT molecular complexity index is 514. The van der Waals surface area contributed by atoms with Crippen LogP contribution in [0.5, 0.6) is 0 Å². The minimum absolute atomic E-state index is 0.471. The third-order valence-corrected chi connectivity index (χ3v) is 4.24. The van der Waals surface area contributed by atoms with E-state index in [1.807, 2.05) is 22.9 Å². The maximum Gasteiger partial charge on any atom is 0.309 e. The molecule has 2 aromatic heterocycles. The Labute approximate surface area is 108 Å². The van der Waals surface area contributed by atoms with E-state index < -0.39 is 11.4 Å². The van der Waals surface area contributed by atoms with Crippen molar-refractivity contribution >= 4 is 28.6 Å². The van der Waals surface area contributed by atoms with Gasteiger partial charge in [0.1, 0.15) is 0 Å². The normalized spacial score (nSPS) is 11.6. The third kappa shape index (κ3) is 2.73. The van der Waals surface area contributed by atoms with E-state index in [2.05, 4.69) is 4.98 Å². The number of rotatable bonds is 4. The maximum absolute atomic E-state index is 11.0. The summed E-state index contributed by atoms with van der Waals surface area (Å²) in [6.45, 7) is 3.45. The van der Waals surface area contributed by atoms with E-state index in [-0.39, 0.29) is 0 Å². The van der Waals surface area contributed by atoms with Gasteiger partial charge in [0, 0.05) is 11.8 Å². The van der Waals surface area contributed by atoms with Gasteiger partial charge < -0.3 is 5.11 Å². The lowest BCUT2D eigenvalue weighted by Gasteiger charge is -2.16. The number of carboxylic acid groups (broad SMARTS) is 1. The Morgan fingerprint density at radius 3 is 2.82 bits per heavy atom. The van der Waals surface area contributed by atoms with E-state index in [1.54, 1.807) is 25.2 Å². The fourth-order valence-electron chi connectivity index (χ4n) is 1.38. The molecular formula is C12H13NO2S2. The van der Waals surface area contributed by atoms with Crippen LogP contribution in [0.3, 0.4) is 0 Å². The van der Waals surface area contributed by atoms with Crippen molar-refractivity contribution in [2.45, 2.75) is 20.3 Å². The van der Waals surface area contributed by atoms with E-state index in [4.69, 9.17) is 5.11 Å². The van der Waals surface area contributed by atoms with Gasteiger partial charge in [-0.1, -0.05) is 6.07 Å². The lowest BCUT2D eigenvalue weighted by atomic mass is 9.90. The molecule has 0 amide bonds. The minimum atomic E-state index is -0.787. The van der Waals surface area contributed by atoms with Crippen molar-refractivity contribution in [2.75, 3.05) is 0 Å². The van der Waals surface area contributed by atoms with Crippen LogP contribution in [0.15, 0.2) is 22.9 Å². The Hall–Kier alpha value is -1.20. The number of aliphatic carboxylic acids is 1. The average molecular weight is 267 g/mol. The summed E-state index contributed by atoms with van der Waals surface area (Å²) in [5.74, 6) is -0.787. The molecule has 5 heteroatoms. The molecule has 0 radical (unpaired) electrons. The van der Waals surface area contributed by atoms with Gasteiger partial charge in [0.05, 0.1) is 21.0 Å². The summed E-state index contributed by atoms with van der Waals surface area (Å²) in [6.07, 6.45) is 0.471. The maximum atomic E-state index is 11.0. The molecule has 0 unspecified atom stereocenters. The summed E-state index contributed by atoms with van der Waals surface area (Å²) in [7, 11) is 0. The second kappa shape index (κ2) is 4.58. The molecule has 0 saturated carbocycles. The highest BCUT2D eigenvalue weighted by Crippen LogP contribution is 2.29. The zero-order valence-electron chi connectivity index (χ0n) is 9.64. The third-order valence-electron chi connectivity index (χ3n) is 2.50. The number of nitrogens with zero attached hydrogens (tertiary/aromatic N) is 1. The number of hydrogen-bond donors (Lipinski definition) is 1. The molecule has 0 saturated heterocycles. The number of carbonyl (C=O) groups is 1. The first-order valence-corrected chi connectivity index (χ1v) is 6.97. The smallest absolute Gasteiger partial charge is 0.309 e. The summed E-state index contributed by atoms with van der Waals surface area (Å²) in [4.78, 5) is 16.7. The average Bonchev–Trinajstić information content (AvgIpc) is 2.85. The Kier molecular flexibility index (Phi) is 3.31. The summed E-state index contributed by atoms with van der Waals surface area (Å²) < 4.78 is 0. The van der Waals surface area contributed by atoms with Gasteiger partial charge in [0.2, 0.25) is 0 Å². The first kappa shape index (κ1) is 12.3. The highest BCUT2D eigenvalue weighted by molar-refractivity contribution is 7.14. The molecule has 0 aliphatic heterocycles. The molecule has 0 aromatic carbocycles. The molecule has 3 nitrogen and oxygen atoms in total. The van der Waals surface area contributed by atoms with Gasteiger partial charge >= 0.3 is 5.97 Å². The highest BCUT2D eigenvalue weighted by atomic mass is 32.1. The lowest BCUT2D eigenvalue weighted by molar-refractivity contribution is -0.146. The van der Waals surface area contributed by atoms with E-state index in [0.29, 0.717) is 6.42 Å². The molecule has 0 atom stereocenters. The minimum Gasteiger partial charge on any atom is -0.481 e. The number of hydrogen-bond acceptors (Lipinski definition) is 4. The molecule has 0 spiro atoms. The second-order valence-electron chi connectivity index (χ2n) is 4.47. The van der Waals surface area contributed by atoms with Crippen molar-refractivity contribution in [3.05, 3.63) is 27.9 Å². The topological polar surface area (TPSA) is 50.2 Å². The van der Waals surface area contributed by atoms with E-state index >= 15 is 0 Å². The summed E-state index contributed by atoms with van der Waals surface area (Å²) in [5, 5.41) is 13.9. The molecule has 0 aliphatic rings. The number of thiophene rings is 1. The van der Waals surface area contributed by atoms with Gasteiger partial charge in [-0.15, -0.1) is 22.7 Å². The zero-order valence-corrected chi connectivity index (χ0v) is 11.3. The Morgan fingerprint density at radius 2 is 2.24 bits per heavy atom. The molecule has 2 heterocycles. The first-order valence-electron chi connectivity index (χ1n) is 5.21. The van der Waals surface area contributed by atoms with Crippen molar-refractivity contribution in [1.82, 2.24) is 4.98 Å². The number of thiazole rings is 1. The molecule has 90 valence electrons. The van der Waals surface area contributed by atoms with Gasteiger partial charge in [-0.2, -0.15) is 0 Å². The van der Waals surface area contributed by atoms with Gasteiger partial charge in [-0.3, -0.25) is 4.79 Å². The molecule has 0 bridgehead atoms. The van der Waals surface area contributed by atoms with Gasteiger partial charge in [-0.05, 0) is 25.3 Å². The molecule has 0 aliphatic carbocycles. The van der Waals surface area contributed by atoms with Crippen LogP contribution in [-0.2, 0) is 11.2 Å². The van der Waals surface area contributed by atoms with Crippen LogP contribution in [0.25, 0.3) is 10.6 Å². The Morgan fingerprint density at radius 1 is 1.47 bits per heavy atom. The van der Waals surface area contributed by atoms with E-state index in [1.165, 1.54) is 11.3 Å². The number of carboxylic acids is 1. The molecule has 1 N–H and O–H groups in total. The SMILES string of the molecule is CC(C)(Cc1nc(-c2cccs2)cs1)C(=O)O. The van der Waals surface area contributed by atoms with Crippen LogP contribution in [0, 0.1) is 5.41 Å². The van der Waals surface area contributed by atoms with Crippen molar-refractivity contribution in [2.24, 2.45) is 5.41 Å². The molecule has 0 fully saturated rings. The molecule has 17 heavy (non-hydrogen) atoms. The van der Waals surface area contributed by atoms with Crippen LogP contribution in [0.2, 0.25) is 0 Å². The Balaban J connectivity index is 2.17.